The summed E-state index contributed by atoms with van der Waals surface area (Å²) in [6, 6.07) is 2.81. The first-order valence-electron chi connectivity index (χ1n) is 7.96. The maximum atomic E-state index is 11.7. The van der Waals surface area contributed by atoms with Gasteiger partial charge in [-0.1, -0.05) is 34.9 Å². The van der Waals surface area contributed by atoms with E-state index in [0.717, 1.165) is 19.3 Å². The van der Waals surface area contributed by atoms with Gasteiger partial charge >= 0.3 is 5.97 Å². The van der Waals surface area contributed by atoms with E-state index in [0.29, 0.717) is 12.8 Å². The molecule has 130 valence electrons. The van der Waals surface area contributed by atoms with Gasteiger partial charge in [-0.05, 0) is 51.5 Å². The second kappa shape index (κ2) is 8.54. The number of rotatable bonds is 7. The molecule has 1 N–H and O–H groups in total. The molecule has 0 saturated carbocycles. The van der Waals surface area contributed by atoms with E-state index in [2.05, 4.69) is 6.08 Å². The molecule has 6 heteroatoms. The van der Waals surface area contributed by atoms with Crippen LogP contribution in [0.25, 0.3) is 0 Å². The van der Waals surface area contributed by atoms with Crippen LogP contribution in [0.3, 0.4) is 0 Å². The lowest BCUT2D eigenvalue weighted by atomic mass is 9.95. The molecule has 0 radical (unpaired) electrons. The zero-order valence-corrected chi connectivity index (χ0v) is 15.0. The summed E-state index contributed by atoms with van der Waals surface area (Å²) in [6.45, 7) is 1.37. The normalized spacial score (nSPS) is 15.5. The number of carboxylic acid groups (broad SMARTS) is 1. The van der Waals surface area contributed by atoms with Gasteiger partial charge in [0.2, 0.25) is 0 Å². The van der Waals surface area contributed by atoms with Gasteiger partial charge in [0.15, 0.2) is 11.9 Å². The summed E-state index contributed by atoms with van der Waals surface area (Å²) >= 11 is 11.9. The topological polar surface area (TPSA) is 63.6 Å². The fourth-order valence-corrected chi connectivity index (χ4v) is 3.05. The smallest absolute Gasteiger partial charge is 0.344 e. The number of hydrogen-bond donors (Lipinski definition) is 1. The van der Waals surface area contributed by atoms with Crippen LogP contribution in [0.1, 0.15) is 55.8 Å². The van der Waals surface area contributed by atoms with Crippen LogP contribution in [0.4, 0.5) is 0 Å². The van der Waals surface area contributed by atoms with Gasteiger partial charge in [0.1, 0.15) is 5.75 Å². The average molecular weight is 371 g/mol. The number of halogens is 2. The van der Waals surface area contributed by atoms with Crippen LogP contribution in [0.2, 0.25) is 10.0 Å². The van der Waals surface area contributed by atoms with Crippen molar-refractivity contribution >= 4 is 35.0 Å². The second-order valence-electron chi connectivity index (χ2n) is 5.91. The molecule has 0 fully saturated rings. The first-order valence-corrected chi connectivity index (χ1v) is 8.71. The molecular weight excluding hydrogens is 351 g/mol. The van der Waals surface area contributed by atoms with E-state index in [1.165, 1.54) is 31.1 Å². The third-order valence-corrected chi connectivity index (χ3v) is 4.78. The summed E-state index contributed by atoms with van der Waals surface area (Å²) < 4.78 is 5.60. The lowest BCUT2D eigenvalue weighted by Gasteiger charge is -2.19. The Morgan fingerprint density at radius 3 is 2.54 bits per heavy atom. The quantitative estimate of drug-likeness (QED) is 0.521. The molecule has 0 aliphatic heterocycles. The van der Waals surface area contributed by atoms with E-state index in [1.54, 1.807) is 0 Å². The van der Waals surface area contributed by atoms with Crippen molar-refractivity contribution in [3.63, 3.8) is 0 Å². The summed E-state index contributed by atoms with van der Waals surface area (Å²) in [5.41, 5.74) is 1.50. The molecule has 4 nitrogen and oxygen atoms in total. The van der Waals surface area contributed by atoms with Gasteiger partial charge in [-0.25, -0.2) is 4.79 Å². The van der Waals surface area contributed by atoms with Crippen molar-refractivity contribution in [2.24, 2.45) is 0 Å². The van der Waals surface area contributed by atoms with Crippen molar-refractivity contribution in [1.82, 2.24) is 0 Å². The van der Waals surface area contributed by atoms with Gasteiger partial charge in [-0.3, -0.25) is 4.79 Å². The number of carbonyl (C=O) groups is 2. The summed E-state index contributed by atoms with van der Waals surface area (Å²) in [5.74, 6) is -1.17. The summed E-state index contributed by atoms with van der Waals surface area (Å²) in [7, 11) is 0. The summed E-state index contributed by atoms with van der Waals surface area (Å²) in [6.07, 6.45) is 6.56. The SMILES string of the molecule is CC(=O)c1cc(Cl)c(Cl)cc1OC(CCC1=CCCCC1)C(=O)O. The second-order valence-corrected chi connectivity index (χ2v) is 6.72. The zero-order chi connectivity index (χ0) is 17.7. The summed E-state index contributed by atoms with van der Waals surface area (Å²) in [4.78, 5) is 23.3. The Hall–Kier alpha value is -1.52. The molecule has 0 saturated heterocycles. The maximum Gasteiger partial charge on any atom is 0.344 e. The van der Waals surface area contributed by atoms with Crippen molar-refractivity contribution in [2.45, 2.75) is 51.6 Å². The highest BCUT2D eigenvalue weighted by Gasteiger charge is 2.23. The fraction of sp³-hybridized carbons (Fsp3) is 0.444. The van der Waals surface area contributed by atoms with Gasteiger partial charge in [-0.15, -0.1) is 0 Å². The Bertz CT molecular complexity index is 667. The molecule has 0 bridgehead atoms. The van der Waals surface area contributed by atoms with Crippen LogP contribution < -0.4 is 4.74 Å². The molecule has 1 aromatic carbocycles. The van der Waals surface area contributed by atoms with E-state index >= 15 is 0 Å². The molecule has 1 aromatic rings. The van der Waals surface area contributed by atoms with E-state index < -0.39 is 12.1 Å². The highest BCUT2D eigenvalue weighted by Crippen LogP contribution is 2.32. The third kappa shape index (κ3) is 4.99. The minimum atomic E-state index is -1.06. The number of ether oxygens (including phenoxy) is 1. The van der Waals surface area contributed by atoms with Crippen LogP contribution in [0.5, 0.6) is 5.75 Å². The van der Waals surface area contributed by atoms with Gasteiger partial charge in [0.05, 0.1) is 15.6 Å². The first-order chi connectivity index (χ1) is 11.4. The van der Waals surface area contributed by atoms with Gasteiger partial charge in [-0.2, -0.15) is 0 Å². The van der Waals surface area contributed by atoms with Gasteiger partial charge in [0.25, 0.3) is 0 Å². The molecule has 0 heterocycles. The molecule has 2 rings (SSSR count). The molecule has 0 spiro atoms. The number of Topliss-reactive ketones (excluding diaryl/α,β-unsaturated/α-hetero) is 1. The number of allylic oxidation sites excluding steroid dienone is 2. The number of carboxylic acids is 1. The van der Waals surface area contributed by atoms with Crippen molar-refractivity contribution in [3.8, 4) is 5.75 Å². The van der Waals surface area contributed by atoms with Crippen LogP contribution in [-0.2, 0) is 4.79 Å². The number of benzene rings is 1. The first kappa shape index (κ1) is 18.8. The molecular formula is C18H20Cl2O4. The van der Waals surface area contributed by atoms with E-state index in [1.807, 2.05) is 0 Å². The minimum Gasteiger partial charge on any atom is -0.479 e. The van der Waals surface area contributed by atoms with E-state index in [-0.39, 0.29) is 27.1 Å². The molecule has 0 amide bonds. The lowest BCUT2D eigenvalue weighted by molar-refractivity contribution is -0.145. The Morgan fingerprint density at radius 1 is 1.25 bits per heavy atom. The predicted molar refractivity (Wildman–Crippen MR) is 94.3 cm³/mol. The van der Waals surface area contributed by atoms with Crippen molar-refractivity contribution in [2.75, 3.05) is 0 Å². The minimum absolute atomic E-state index is 0.155. The molecule has 24 heavy (non-hydrogen) atoms. The van der Waals surface area contributed by atoms with Crippen LogP contribution in [-0.4, -0.2) is 23.0 Å². The summed E-state index contributed by atoms with van der Waals surface area (Å²) in [5, 5.41) is 9.88. The molecule has 1 aliphatic rings. The molecule has 1 atom stereocenters. The number of hydrogen-bond acceptors (Lipinski definition) is 3. The van der Waals surface area contributed by atoms with Crippen molar-refractivity contribution < 1.29 is 19.4 Å². The van der Waals surface area contributed by atoms with E-state index in [4.69, 9.17) is 27.9 Å². The van der Waals surface area contributed by atoms with E-state index in [9.17, 15) is 14.7 Å². The fourth-order valence-electron chi connectivity index (χ4n) is 2.74. The van der Waals surface area contributed by atoms with Crippen LogP contribution in [0.15, 0.2) is 23.8 Å². The number of carbonyl (C=O) groups excluding carboxylic acids is 1. The van der Waals surface area contributed by atoms with Gasteiger partial charge in [0, 0.05) is 6.07 Å². The standard InChI is InChI=1S/C18H20Cl2O4/c1-11(21)13-9-14(19)15(20)10-17(13)24-16(18(22)23)8-7-12-5-3-2-4-6-12/h5,9-10,16H,2-4,6-8H2,1H3,(H,22,23). The predicted octanol–water partition coefficient (Wildman–Crippen LogP) is 5.31. The highest BCUT2D eigenvalue weighted by atomic mass is 35.5. The van der Waals surface area contributed by atoms with Crippen LogP contribution >= 0.6 is 23.2 Å². The zero-order valence-electron chi connectivity index (χ0n) is 13.5. The lowest BCUT2D eigenvalue weighted by Crippen LogP contribution is -2.27. The highest BCUT2D eigenvalue weighted by molar-refractivity contribution is 6.42. The monoisotopic (exact) mass is 370 g/mol. The van der Waals surface area contributed by atoms with Crippen molar-refractivity contribution in [1.29, 1.82) is 0 Å². The maximum absolute atomic E-state index is 11.7. The average Bonchev–Trinajstić information content (AvgIpc) is 2.54. The number of ketones is 1. The van der Waals surface area contributed by atoms with Crippen molar-refractivity contribution in [3.05, 3.63) is 39.4 Å². The molecule has 1 unspecified atom stereocenters. The molecule has 0 aromatic heterocycles. The third-order valence-electron chi connectivity index (χ3n) is 4.06. The largest absolute Gasteiger partial charge is 0.479 e. The van der Waals surface area contributed by atoms with Crippen LogP contribution in [0, 0.1) is 0 Å². The van der Waals surface area contributed by atoms with Gasteiger partial charge < -0.3 is 9.84 Å². The Kier molecular flexibility index (Phi) is 6.69. The Morgan fingerprint density at radius 2 is 1.96 bits per heavy atom. The molecule has 1 aliphatic carbocycles. The number of aliphatic carboxylic acids is 1. The Balaban J connectivity index is 2.15. The Labute approximate surface area is 151 Å².